The van der Waals surface area contributed by atoms with Crippen LogP contribution in [-0.4, -0.2) is 59.0 Å². The van der Waals surface area contributed by atoms with Gasteiger partial charge in [-0.15, -0.1) is 0 Å². The first-order chi connectivity index (χ1) is 17.0. The molecular formula is C29H29N3O3. The Morgan fingerprint density at radius 2 is 1.37 bits per heavy atom. The van der Waals surface area contributed by atoms with Crippen LogP contribution in [0.3, 0.4) is 0 Å². The molecule has 0 saturated carbocycles. The SMILES string of the molecule is CN(C)C[C@H]1CCn2cc(c3ccccc32)C2=C(C(=O)CC2=O)c2cn(c3ccccc23)CCO1. The fourth-order valence-electron chi connectivity index (χ4n) is 5.67. The molecule has 6 rings (SSSR count). The largest absolute Gasteiger partial charge is 0.375 e. The van der Waals surface area contributed by atoms with Gasteiger partial charge in [0.25, 0.3) is 0 Å². The normalized spacial score (nSPS) is 19.1. The molecular weight excluding hydrogens is 438 g/mol. The van der Waals surface area contributed by atoms with Crippen LogP contribution >= 0.6 is 0 Å². The quantitative estimate of drug-likeness (QED) is 0.410. The molecule has 1 aliphatic carbocycles. The Hall–Kier alpha value is -3.48. The molecule has 4 bridgehead atoms. The average Bonchev–Trinajstić information content (AvgIpc) is 3.47. The lowest BCUT2D eigenvalue weighted by Gasteiger charge is -2.22. The molecule has 2 aromatic carbocycles. The maximum Gasteiger partial charge on any atom is 0.172 e. The highest BCUT2D eigenvalue weighted by Crippen LogP contribution is 2.41. The highest BCUT2D eigenvalue weighted by Gasteiger charge is 2.35. The van der Waals surface area contributed by atoms with E-state index in [1.54, 1.807) is 0 Å². The minimum Gasteiger partial charge on any atom is -0.375 e. The van der Waals surface area contributed by atoms with Crippen molar-refractivity contribution < 1.29 is 14.3 Å². The number of rotatable bonds is 2. The van der Waals surface area contributed by atoms with Crippen LogP contribution in [0, 0.1) is 0 Å². The van der Waals surface area contributed by atoms with E-state index in [-0.39, 0.29) is 24.1 Å². The first-order valence-corrected chi connectivity index (χ1v) is 12.2. The van der Waals surface area contributed by atoms with Crippen molar-refractivity contribution in [3.8, 4) is 0 Å². The van der Waals surface area contributed by atoms with E-state index < -0.39 is 0 Å². The number of likely N-dealkylation sites (N-methyl/N-ethyl adjacent to an activating group) is 1. The summed E-state index contributed by atoms with van der Waals surface area (Å²) in [5, 5.41) is 2.00. The molecule has 35 heavy (non-hydrogen) atoms. The molecule has 1 atom stereocenters. The highest BCUT2D eigenvalue weighted by molar-refractivity contribution is 6.52. The summed E-state index contributed by atoms with van der Waals surface area (Å²) in [7, 11) is 4.14. The number of fused-ring (bicyclic) bond motifs is 12. The third-order valence-electron chi connectivity index (χ3n) is 7.19. The van der Waals surface area contributed by atoms with E-state index in [4.69, 9.17) is 4.74 Å². The number of hydrogen-bond acceptors (Lipinski definition) is 4. The third-order valence-corrected chi connectivity index (χ3v) is 7.19. The second-order valence-corrected chi connectivity index (χ2v) is 9.82. The van der Waals surface area contributed by atoms with Crippen molar-refractivity contribution in [2.24, 2.45) is 0 Å². The number of allylic oxidation sites excluding steroid dienone is 2. The van der Waals surface area contributed by atoms with E-state index in [2.05, 4.69) is 52.5 Å². The van der Waals surface area contributed by atoms with Gasteiger partial charge in [0.2, 0.25) is 0 Å². The first-order valence-electron chi connectivity index (χ1n) is 12.2. The number of ketones is 2. The molecule has 178 valence electrons. The Bertz CT molecular complexity index is 1500. The third kappa shape index (κ3) is 3.74. The molecule has 0 unspecified atom stereocenters. The van der Waals surface area contributed by atoms with Crippen molar-refractivity contribution in [1.29, 1.82) is 0 Å². The van der Waals surface area contributed by atoms with Gasteiger partial charge in [-0.3, -0.25) is 9.59 Å². The van der Waals surface area contributed by atoms with Gasteiger partial charge in [-0.25, -0.2) is 0 Å². The van der Waals surface area contributed by atoms with E-state index in [0.717, 1.165) is 52.4 Å². The topological polar surface area (TPSA) is 56.5 Å². The van der Waals surface area contributed by atoms with Crippen LogP contribution in [0.15, 0.2) is 60.9 Å². The van der Waals surface area contributed by atoms with Crippen molar-refractivity contribution in [1.82, 2.24) is 14.0 Å². The minimum atomic E-state index is -0.0980. The number of aromatic nitrogens is 2. The summed E-state index contributed by atoms with van der Waals surface area (Å²) in [4.78, 5) is 28.8. The zero-order valence-corrected chi connectivity index (χ0v) is 20.2. The van der Waals surface area contributed by atoms with Crippen LogP contribution in [0.4, 0.5) is 0 Å². The zero-order valence-electron chi connectivity index (χ0n) is 20.2. The summed E-state index contributed by atoms with van der Waals surface area (Å²) in [5.41, 5.74) is 4.92. The lowest BCUT2D eigenvalue weighted by Crippen LogP contribution is -2.30. The standard InChI is InChI=1S/C29H29N3O3/c1-30(2)16-19-11-12-31-17-22(20-7-3-5-9-24(20)31)28-26(33)15-27(34)29(28)23-18-32(13-14-35-19)25-10-6-4-8-21(23)25/h3-10,17-19H,11-16H2,1-2H3/t19-/m1/s1. The molecule has 0 spiro atoms. The van der Waals surface area contributed by atoms with Gasteiger partial charge in [0.05, 0.1) is 19.1 Å². The Morgan fingerprint density at radius 3 is 1.94 bits per heavy atom. The fraction of sp³-hybridized carbons (Fsp3) is 0.310. The van der Waals surface area contributed by atoms with Crippen LogP contribution in [0.2, 0.25) is 0 Å². The smallest absolute Gasteiger partial charge is 0.172 e. The van der Waals surface area contributed by atoms with E-state index in [9.17, 15) is 9.59 Å². The monoisotopic (exact) mass is 467 g/mol. The molecule has 0 radical (unpaired) electrons. The Labute approximate surface area is 204 Å². The van der Waals surface area contributed by atoms with E-state index >= 15 is 0 Å². The lowest BCUT2D eigenvalue weighted by molar-refractivity contribution is -0.119. The number of ether oxygens (including phenoxy) is 1. The number of hydrogen-bond donors (Lipinski definition) is 0. The number of aryl methyl sites for hydroxylation is 1. The number of carbonyl (C=O) groups excluding carboxylic acids is 2. The molecule has 2 aliphatic rings. The van der Waals surface area contributed by atoms with Crippen molar-refractivity contribution in [3.05, 3.63) is 72.1 Å². The molecule has 4 aromatic rings. The number of carbonyl (C=O) groups is 2. The van der Waals surface area contributed by atoms with Gasteiger partial charge < -0.3 is 18.8 Å². The summed E-state index contributed by atoms with van der Waals surface area (Å²) in [6.45, 7) is 2.87. The maximum absolute atomic E-state index is 13.3. The molecule has 1 aliphatic heterocycles. The van der Waals surface area contributed by atoms with E-state index in [1.165, 1.54) is 0 Å². The molecule has 3 heterocycles. The van der Waals surface area contributed by atoms with Gasteiger partial charge in [-0.2, -0.15) is 0 Å². The summed E-state index contributed by atoms with van der Waals surface area (Å²) in [6, 6.07) is 16.3. The van der Waals surface area contributed by atoms with Crippen molar-refractivity contribution in [2.75, 3.05) is 27.2 Å². The Morgan fingerprint density at radius 1 is 0.829 bits per heavy atom. The van der Waals surface area contributed by atoms with Crippen molar-refractivity contribution in [3.63, 3.8) is 0 Å². The van der Waals surface area contributed by atoms with Crippen molar-refractivity contribution >= 4 is 44.5 Å². The van der Waals surface area contributed by atoms with Crippen LogP contribution in [0.25, 0.3) is 33.0 Å². The van der Waals surface area contributed by atoms with Crippen LogP contribution in [-0.2, 0) is 27.4 Å². The van der Waals surface area contributed by atoms with Gasteiger partial charge >= 0.3 is 0 Å². The molecule has 0 saturated heterocycles. The Balaban J connectivity index is 1.62. The number of nitrogens with zero attached hydrogens (tertiary/aromatic N) is 3. The molecule has 2 aromatic heterocycles. The lowest BCUT2D eigenvalue weighted by atomic mass is 9.95. The summed E-state index contributed by atoms with van der Waals surface area (Å²) < 4.78 is 10.8. The highest BCUT2D eigenvalue weighted by atomic mass is 16.5. The van der Waals surface area contributed by atoms with Gasteiger partial charge in [0.1, 0.15) is 0 Å². The molecule has 6 heteroatoms. The van der Waals surface area contributed by atoms with Gasteiger partial charge in [0, 0.05) is 76.1 Å². The van der Waals surface area contributed by atoms with Crippen molar-refractivity contribution in [2.45, 2.75) is 32.0 Å². The van der Waals surface area contributed by atoms with Gasteiger partial charge in [-0.1, -0.05) is 36.4 Å². The van der Waals surface area contributed by atoms with Gasteiger partial charge in [0.15, 0.2) is 11.6 Å². The second-order valence-electron chi connectivity index (χ2n) is 9.82. The first kappa shape index (κ1) is 22.0. The molecule has 0 amide bonds. The minimum absolute atomic E-state index is 0.0717. The predicted octanol–water partition coefficient (Wildman–Crippen LogP) is 4.40. The predicted molar refractivity (Wildman–Crippen MR) is 138 cm³/mol. The molecule has 0 N–H and O–H groups in total. The summed E-state index contributed by atoms with van der Waals surface area (Å²) >= 11 is 0. The fourth-order valence-corrected chi connectivity index (χ4v) is 5.67. The van der Waals surface area contributed by atoms with E-state index in [0.29, 0.717) is 24.3 Å². The van der Waals surface area contributed by atoms with Crippen LogP contribution in [0.1, 0.15) is 24.0 Å². The number of para-hydroxylation sites is 2. The summed E-state index contributed by atoms with van der Waals surface area (Å²) in [6.07, 6.45) is 4.97. The van der Waals surface area contributed by atoms with E-state index in [1.807, 2.05) is 36.5 Å². The molecule has 6 nitrogen and oxygen atoms in total. The molecule has 0 fully saturated rings. The average molecular weight is 468 g/mol. The maximum atomic E-state index is 13.3. The second kappa shape index (κ2) is 8.63. The van der Waals surface area contributed by atoms with Gasteiger partial charge in [-0.05, 0) is 32.6 Å². The number of Topliss-reactive ketones (excluding diaryl/α,β-unsaturated/α-hetero) is 2. The number of benzene rings is 2. The van der Waals surface area contributed by atoms with Crippen LogP contribution in [0.5, 0.6) is 0 Å². The zero-order chi connectivity index (χ0) is 24.1. The summed E-state index contributed by atoms with van der Waals surface area (Å²) in [5.74, 6) is -0.190. The Kier molecular flexibility index (Phi) is 5.43. The van der Waals surface area contributed by atoms with Crippen LogP contribution < -0.4 is 0 Å².